The van der Waals surface area contributed by atoms with Gasteiger partial charge in [-0.15, -0.1) is 0 Å². The number of aliphatic hydroxyl groups is 1. The van der Waals surface area contributed by atoms with Crippen molar-refractivity contribution in [1.29, 1.82) is 0 Å². The van der Waals surface area contributed by atoms with Gasteiger partial charge in [0.25, 0.3) is 5.82 Å². The number of benzene rings is 1. The van der Waals surface area contributed by atoms with Gasteiger partial charge >= 0.3 is 6.18 Å². The summed E-state index contributed by atoms with van der Waals surface area (Å²) in [5.74, 6) is -1.38. The molecule has 0 radical (unpaired) electrons. The zero-order valence-electron chi connectivity index (χ0n) is 11.9. The third-order valence-electron chi connectivity index (χ3n) is 3.10. The first kappa shape index (κ1) is 16.4. The molecule has 2 aromatic rings. The summed E-state index contributed by atoms with van der Waals surface area (Å²) in [7, 11) is 1.70. The average molecular weight is 315 g/mol. The molecule has 5 nitrogen and oxygen atoms in total. The number of aromatic nitrogens is 2. The molecule has 1 heterocycles. The third kappa shape index (κ3) is 4.54. The van der Waals surface area contributed by atoms with Gasteiger partial charge in [0.05, 0.1) is 12.6 Å². The number of rotatable bonds is 6. The molecule has 1 atom stereocenters. The highest BCUT2D eigenvalue weighted by molar-refractivity contribution is 5.17. The van der Waals surface area contributed by atoms with Crippen LogP contribution in [0.15, 0.2) is 34.9 Å². The molecule has 0 aliphatic rings. The standard InChI is InChI=1S/C14H16F3N3O2/c1-20(8-7-11(21)10-5-3-2-4-6-10)9-12-18-13(19-22-12)14(15,16)17/h2-6,11,21H,7-9H2,1H3/t11-/m1/s1. The molecule has 120 valence electrons. The summed E-state index contributed by atoms with van der Waals surface area (Å²) in [5, 5.41) is 12.9. The van der Waals surface area contributed by atoms with Crippen molar-refractivity contribution >= 4 is 0 Å². The first-order chi connectivity index (χ1) is 10.4. The molecule has 0 aliphatic heterocycles. The number of nitrogens with zero attached hydrogens (tertiary/aromatic N) is 3. The molecular formula is C14H16F3N3O2. The van der Waals surface area contributed by atoms with Crippen molar-refractivity contribution in [3.05, 3.63) is 47.6 Å². The zero-order valence-corrected chi connectivity index (χ0v) is 11.9. The minimum Gasteiger partial charge on any atom is -0.388 e. The minimum atomic E-state index is -4.61. The van der Waals surface area contributed by atoms with E-state index in [-0.39, 0.29) is 12.4 Å². The van der Waals surface area contributed by atoms with Crippen LogP contribution in [0.5, 0.6) is 0 Å². The molecular weight excluding hydrogens is 299 g/mol. The van der Waals surface area contributed by atoms with E-state index in [0.29, 0.717) is 13.0 Å². The van der Waals surface area contributed by atoms with Crippen LogP contribution in [-0.2, 0) is 12.7 Å². The van der Waals surface area contributed by atoms with Gasteiger partial charge in [0, 0.05) is 6.54 Å². The maximum absolute atomic E-state index is 12.3. The van der Waals surface area contributed by atoms with E-state index in [1.807, 2.05) is 30.3 Å². The van der Waals surface area contributed by atoms with Gasteiger partial charge in [0.2, 0.25) is 5.89 Å². The van der Waals surface area contributed by atoms with Crippen LogP contribution in [-0.4, -0.2) is 33.7 Å². The van der Waals surface area contributed by atoms with Gasteiger partial charge in [-0.3, -0.25) is 4.90 Å². The maximum atomic E-state index is 12.3. The number of halogens is 3. The Kier molecular flexibility index (Phi) is 5.15. The van der Waals surface area contributed by atoms with Crippen molar-refractivity contribution in [3.63, 3.8) is 0 Å². The third-order valence-corrected chi connectivity index (χ3v) is 3.10. The van der Waals surface area contributed by atoms with Gasteiger partial charge in [-0.1, -0.05) is 35.5 Å². The predicted octanol–water partition coefficient (Wildman–Crippen LogP) is 2.64. The SMILES string of the molecule is CN(CC[C@@H](O)c1ccccc1)Cc1nc(C(F)(F)F)no1. The Hall–Kier alpha value is -1.93. The van der Waals surface area contributed by atoms with Crippen LogP contribution < -0.4 is 0 Å². The summed E-state index contributed by atoms with van der Waals surface area (Å²) < 4.78 is 41.6. The fraction of sp³-hybridized carbons (Fsp3) is 0.429. The highest BCUT2D eigenvalue weighted by Gasteiger charge is 2.37. The molecule has 0 saturated carbocycles. The number of hydrogen-bond donors (Lipinski definition) is 1. The molecule has 0 unspecified atom stereocenters. The molecule has 2 rings (SSSR count). The van der Waals surface area contributed by atoms with Crippen molar-refractivity contribution in [1.82, 2.24) is 15.0 Å². The van der Waals surface area contributed by atoms with Gasteiger partial charge in [-0.2, -0.15) is 18.2 Å². The Morgan fingerprint density at radius 1 is 1.27 bits per heavy atom. The van der Waals surface area contributed by atoms with Gasteiger partial charge in [0.15, 0.2) is 0 Å². The lowest BCUT2D eigenvalue weighted by atomic mass is 10.1. The lowest BCUT2D eigenvalue weighted by Crippen LogP contribution is -2.21. The second kappa shape index (κ2) is 6.89. The highest BCUT2D eigenvalue weighted by atomic mass is 19.4. The topological polar surface area (TPSA) is 62.4 Å². The molecule has 1 aromatic carbocycles. The van der Waals surface area contributed by atoms with Crippen LogP contribution in [0.1, 0.15) is 29.8 Å². The Labute approximate surface area is 125 Å². The zero-order chi connectivity index (χ0) is 16.2. The fourth-order valence-corrected chi connectivity index (χ4v) is 1.93. The maximum Gasteiger partial charge on any atom is 0.455 e. The lowest BCUT2D eigenvalue weighted by molar-refractivity contribution is -0.146. The molecule has 0 aliphatic carbocycles. The molecule has 0 saturated heterocycles. The van der Waals surface area contributed by atoms with Crippen LogP contribution in [0.2, 0.25) is 0 Å². The Morgan fingerprint density at radius 2 is 1.95 bits per heavy atom. The van der Waals surface area contributed by atoms with Crippen molar-refractivity contribution in [2.24, 2.45) is 0 Å². The van der Waals surface area contributed by atoms with E-state index in [1.165, 1.54) is 0 Å². The van der Waals surface area contributed by atoms with Gasteiger partial charge in [-0.05, 0) is 19.0 Å². The molecule has 0 amide bonds. The fourth-order valence-electron chi connectivity index (χ4n) is 1.93. The number of hydrogen-bond acceptors (Lipinski definition) is 5. The minimum absolute atomic E-state index is 0.0879. The molecule has 0 bridgehead atoms. The summed E-state index contributed by atoms with van der Waals surface area (Å²) in [6, 6.07) is 9.16. The smallest absolute Gasteiger partial charge is 0.388 e. The van der Waals surface area contributed by atoms with E-state index in [1.54, 1.807) is 11.9 Å². The molecule has 0 spiro atoms. The summed E-state index contributed by atoms with van der Waals surface area (Å²) in [5.41, 5.74) is 0.799. The molecule has 0 fully saturated rings. The van der Waals surface area contributed by atoms with E-state index in [0.717, 1.165) is 5.56 Å². The lowest BCUT2D eigenvalue weighted by Gasteiger charge is -2.17. The Bertz CT molecular complexity index is 587. The molecule has 22 heavy (non-hydrogen) atoms. The van der Waals surface area contributed by atoms with Crippen molar-refractivity contribution < 1.29 is 22.8 Å². The summed E-state index contributed by atoms with van der Waals surface area (Å²) in [6.45, 7) is 0.560. The van der Waals surface area contributed by atoms with Crippen LogP contribution in [0, 0.1) is 0 Å². The molecule has 8 heteroatoms. The van der Waals surface area contributed by atoms with Crippen LogP contribution in [0.3, 0.4) is 0 Å². The first-order valence-electron chi connectivity index (χ1n) is 6.67. The van der Waals surface area contributed by atoms with Crippen LogP contribution in [0.4, 0.5) is 13.2 Å². The first-order valence-corrected chi connectivity index (χ1v) is 6.67. The molecule has 1 N–H and O–H groups in total. The largest absolute Gasteiger partial charge is 0.455 e. The second-order valence-electron chi connectivity index (χ2n) is 4.96. The van der Waals surface area contributed by atoms with E-state index >= 15 is 0 Å². The van der Waals surface area contributed by atoms with Crippen molar-refractivity contribution in [2.45, 2.75) is 25.2 Å². The van der Waals surface area contributed by atoms with E-state index < -0.39 is 18.1 Å². The van der Waals surface area contributed by atoms with Crippen LogP contribution in [0.25, 0.3) is 0 Å². The summed E-state index contributed by atoms with van der Waals surface area (Å²) in [4.78, 5) is 5.01. The monoisotopic (exact) mass is 315 g/mol. The average Bonchev–Trinajstić information content (AvgIpc) is 2.94. The predicted molar refractivity (Wildman–Crippen MR) is 71.7 cm³/mol. The van der Waals surface area contributed by atoms with Gasteiger partial charge in [0.1, 0.15) is 0 Å². The normalized spacial score (nSPS) is 13.5. The van der Waals surface area contributed by atoms with E-state index in [9.17, 15) is 18.3 Å². The van der Waals surface area contributed by atoms with Gasteiger partial charge < -0.3 is 9.63 Å². The Balaban J connectivity index is 1.83. The van der Waals surface area contributed by atoms with E-state index in [2.05, 4.69) is 14.7 Å². The quantitative estimate of drug-likeness (QED) is 0.888. The number of alkyl halides is 3. The second-order valence-corrected chi connectivity index (χ2v) is 4.96. The van der Waals surface area contributed by atoms with Crippen LogP contribution >= 0.6 is 0 Å². The highest BCUT2D eigenvalue weighted by Crippen LogP contribution is 2.26. The van der Waals surface area contributed by atoms with Crippen molar-refractivity contribution in [2.75, 3.05) is 13.6 Å². The summed E-state index contributed by atoms with van der Waals surface area (Å²) >= 11 is 0. The van der Waals surface area contributed by atoms with Gasteiger partial charge in [-0.25, -0.2) is 0 Å². The van der Waals surface area contributed by atoms with E-state index in [4.69, 9.17) is 0 Å². The number of aliphatic hydroxyl groups excluding tert-OH is 1. The molecule has 1 aromatic heterocycles. The Morgan fingerprint density at radius 3 is 2.55 bits per heavy atom. The summed E-state index contributed by atoms with van der Waals surface area (Å²) in [6.07, 6.45) is -4.79. The van der Waals surface area contributed by atoms with Crippen molar-refractivity contribution in [3.8, 4) is 0 Å².